The third-order valence-corrected chi connectivity index (χ3v) is 4.82. The molecule has 0 fully saturated rings. The maximum atomic E-state index is 10.2. The second kappa shape index (κ2) is 8.41. The number of ether oxygens (including phenoxy) is 1. The van der Waals surface area contributed by atoms with Crippen molar-refractivity contribution in [2.45, 2.75) is 79.8 Å². The smallest absolute Gasteiger partial charge is 0.300 e. The SMILES string of the molecule is CC(=O)O.CC(C)=CCCC1(C)CCc2c(C)c(O)c(C)c(C)c2O1. The number of phenolic OH excluding ortho intramolecular Hbond substituents is 1. The lowest BCUT2D eigenvalue weighted by molar-refractivity contribution is -0.134. The highest BCUT2D eigenvalue weighted by atomic mass is 16.5. The molecule has 140 valence electrons. The lowest BCUT2D eigenvalue weighted by Crippen LogP contribution is -2.37. The Hall–Kier alpha value is -1.97. The summed E-state index contributed by atoms with van der Waals surface area (Å²) in [5.41, 5.74) is 5.47. The van der Waals surface area contributed by atoms with E-state index in [1.807, 2.05) is 13.8 Å². The van der Waals surface area contributed by atoms with Crippen molar-refractivity contribution < 1.29 is 19.7 Å². The van der Waals surface area contributed by atoms with Gasteiger partial charge in [-0.1, -0.05) is 11.6 Å². The summed E-state index contributed by atoms with van der Waals surface area (Å²) in [5.74, 6) is 0.608. The number of allylic oxidation sites excluding steroid dienone is 2. The van der Waals surface area contributed by atoms with E-state index in [9.17, 15) is 5.11 Å². The normalized spacial score (nSPS) is 18.4. The van der Waals surface area contributed by atoms with Gasteiger partial charge in [0.15, 0.2) is 0 Å². The molecule has 0 amide bonds. The summed E-state index contributed by atoms with van der Waals surface area (Å²) in [6.45, 7) is 13.6. The van der Waals surface area contributed by atoms with Gasteiger partial charge in [-0.3, -0.25) is 4.79 Å². The van der Waals surface area contributed by atoms with Crippen molar-refractivity contribution in [3.8, 4) is 11.5 Å². The summed E-state index contributed by atoms with van der Waals surface area (Å²) in [4.78, 5) is 9.00. The first kappa shape index (κ1) is 21.1. The van der Waals surface area contributed by atoms with E-state index < -0.39 is 5.97 Å². The zero-order valence-electron chi connectivity index (χ0n) is 16.6. The summed E-state index contributed by atoms with van der Waals surface area (Å²) in [6.07, 6.45) is 6.38. The average molecular weight is 348 g/mol. The number of aromatic hydroxyl groups is 1. The first-order chi connectivity index (χ1) is 11.5. The lowest BCUT2D eigenvalue weighted by atomic mass is 9.85. The molecule has 1 aromatic rings. The zero-order chi connectivity index (χ0) is 19.4. The molecule has 0 bridgehead atoms. The second-order valence-corrected chi connectivity index (χ2v) is 7.42. The predicted octanol–water partition coefficient (Wildman–Crippen LogP) is 5.24. The minimum absolute atomic E-state index is 0.0977. The van der Waals surface area contributed by atoms with Crippen LogP contribution >= 0.6 is 0 Å². The van der Waals surface area contributed by atoms with Crippen molar-refractivity contribution in [1.29, 1.82) is 0 Å². The van der Waals surface area contributed by atoms with E-state index in [2.05, 4.69) is 33.8 Å². The topological polar surface area (TPSA) is 66.8 Å². The Morgan fingerprint density at radius 3 is 2.24 bits per heavy atom. The van der Waals surface area contributed by atoms with Crippen molar-refractivity contribution in [3.63, 3.8) is 0 Å². The van der Waals surface area contributed by atoms with Gasteiger partial charge in [-0.15, -0.1) is 0 Å². The first-order valence-corrected chi connectivity index (χ1v) is 8.82. The molecular formula is C21H32O4. The van der Waals surface area contributed by atoms with Crippen LogP contribution in [0.5, 0.6) is 11.5 Å². The molecule has 0 saturated heterocycles. The van der Waals surface area contributed by atoms with Crippen LogP contribution in [-0.4, -0.2) is 21.8 Å². The van der Waals surface area contributed by atoms with E-state index in [-0.39, 0.29) is 5.60 Å². The molecule has 1 atom stereocenters. The molecule has 0 aromatic heterocycles. The molecule has 1 aliphatic heterocycles. The fourth-order valence-electron chi connectivity index (χ4n) is 3.14. The van der Waals surface area contributed by atoms with Gasteiger partial charge in [-0.2, -0.15) is 0 Å². The van der Waals surface area contributed by atoms with Crippen LogP contribution in [0.2, 0.25) is 0 Å². The van der Waals surface area contributed by atoms with Crippen LogP contribution in [0.4, 0.5) is 0 Å². The maximum absolute atomic E-state index is 10.2. The molecule has 0 radical (unpaired) electrons. The number of phenols is 1. The zero-order valence-corrected chi connectivity index (χ0v) is 16.6. The number of carbonyl (C=O) groups is 1. The molecule has 25 heavy (non-hydrogen) atoms. The fourth-order valence-corrected chi connectivity index (χ4v) is 3.14. The summed E-state index contributed by atoms with van der Waals surface area (Å²) < 4.78 is 6.41. The average Bonchev–Trinajstić information content (AvgIpc) is 2.49. The molecule has 0 aliphatic carbocycles. The monoisotopic (exact) mass is 348 g/mol. The Morgan fingerprint density at radius 1 is 1.16 bits per heavy atom. The van der Waals surface area contributed by atoms with Crippen molar-refractivity contribution >= 4 is 5.97 Å². The van der Waals surface area contributed by atoms with Gasteiger partial charge in [0.2, 0.25) is 0 Å². The van der Waals surface area contributed by atoms with Crippen LogP contribution < -0.4 is 4.74 Å². The molecule has 4 heteroatoms. The van der Waals surface area contributed by atoms with Gasteiger partial charge in [0.1, 0.15) is 17.1 Å². The van der Waals surface area contributed by atoms with E-state index in [1.54, 1.807) is 0 Å². The van der Waals surface area contributed by atoms with Gasteiger partial charge in [0.25, 0.3) is 5.97 Å². The Kier molecular flexibility index (Phi) is 7.09. The van der Waals surface area contributed by atoms with Crippen LogP contribution in [0.25, 0.3) is 0 Å². The number of carboxylic acids is 1. The third kappa shape index (κ3) is 5.52. The van der Waals surface area contributed by atoms with Gasteiger partial charge in [0.05, 0.1) is 0 Å². The molecule has 4 nitrogen and oxygen atoms in total. The molecule has 0 spiro atoms. The number of carboxylic acid groups (broad SMARTS) is 1. The first-order valence-electron chi connectivity index (χ1n) is 8.82. The number of benzene rings is 1. The van der Waals surface area contributed by atoms with Crippen LogP contribution in [0.15, 0.2) is 11.6 Å². The van der Waals surface area contributed by atoms with Crippen molar-refractivity contribution in [1.82, 2.24) is 0 Å². The number of aliphatic carboxylic acids is 1. The minimum Gasteiger partial charge on any atom is -0.507 e. The molecule has 1 heterocycles. The third-order valence-electron chi connectivity index (χ3n) is 4.82. The van der Waals surface area contributed by atoms with Gasteiger partial charge >= 0.3 is 0 Å². The highest BCUT2D eigenvalue weighted by Gasteiger charge is 2.33. The van der Waals surface area contributed by atoms with Gasteiger partial charge < -0.3 is 14.9 Å². The van der Waals surface area contributed by atoms with E-state index in [0.29, 0.717) is 5.75 Å². The van der Waals surface area contributed by atoms with Crippen LogP contribution in [0.1, 0.15) is 69.2 Å². The summed E-state index contributed by atoms with van der Waals surface area (Å²) in [6, 6.07) is 0. The highest BCUT2D eigenvalue weighted by molar-refractivity contribution is 5.63. The molecule has 1 aliphatic rings. The Bertz CT molecular complexity index is 665. The van der Waals surface area contributed by atoms with E-state index >= 15 is 0 Å². The summed E-state index contributed by atoms with van der Waals surface area (Å²) in [5, 5.41) is 17.6. The Labute approximate surface area is 151 Å². The Balaban J connectivity index is 0.000000705. The predicted molar refractivity (Wildman–Crippen MR) is 102 cm³/mol. The molecule has 2 rings (SSSR count). The molecular weight excluding hydrogens is 316 g/mol. The van der Waals surface area contributed by atoms with E-state index in [0.717, 1.165) is 55.0 Å². The van der Waals surface area contributed by atoms with Crippen LogP contribution in [0, 0.1) is 20.8 Å². The standard InChI is InChI=1S/C19H28O2.C2H4O2/c1-12(2)8-7-10-19(6)11-9-16-15(5)17(20)13(3)14(4)18(16)21-19;1-2(3)4/h8,20H,7,9-11H2,1-6H3;1H3,(H,3,4). The fraction of sp³-hybridized carbons (Fsp3) is 0.571. The van der Waals surface area contributed by atoms with Crippen LogP contribution in [0.3, 0.4) is 0 Å². The Morgan fingerprint density at radius 2 is 1.72 bits per heavy atom. The van der Waals surface area contributed by atoms with E-state index in [1.165, 1.54) is 11.1 Å². The molecule has 1 unspecified atom stereocenters. The van der Waals surface area contributed by atoms with E-state index in [4.69, 9.17) is 14.6 Å². The van der Waals surface area contributed by atoms with Gasteiger partial charge in [0, 0.05) is 12.5 Å². The minimum atomic E-state index is -0.833. The molecule has 1 aromatic carbocycles. The molecule has 0 saturated carbocycles. The number of fused-ring (bicyclic) bond motifs is 1. The summed E-state index contributed by atoms with van der Waals surface area (Å²) >= 11 is 0. The largest absolute Gasteiger partial charge is 0.507 e. The number of rotatable bonds is 3. The highest BCUT2D eigenvalue weighted by Crippen LogP contribution is 2.44. The van der Waals surface area contributed by atoms with Crippen molar-refractivity contribution in [3.05, 3.63) is 33.9 Å². The lowest BCUT2D eigenvalue weighted by Gasteiger charge is -2.38. The maximum Gasteiger partial charge on any atom is 0.300 e. The summed E-state index contributed by atoms with van der Waals surface area (Å²) in [7, 11) is 0. The van der Waals surface area contributed by atoms with Gasteiger partial charge in [-0.25, -0.2) is 0 Å². The molecule has 2 N–H and O–H groups in total. The van der Waals surface area contributed by atoms with Gasteiger partial charge in [-0.05, 0) is 83.9 Å². The second-order valence-electron chi connectivity index (χ2n) is 7.42. The quantitative estimate of drug-likeness (QED) is 0.733. The number of hydrogen-bond acceptors (Lipinski definition) is 3. The van der Waals surface area contributed by atoms with Crippen LogP contribution in [-0.2, 0) is 11.2 Å². The number of hydrogen-bond donors (Lipinski definition) is 2. The van der Waals surface area contributed by atoms with Crippen molar-refractivity contribution in [2.75, 3.05) is 0 Å². The van der Waals surface area contributed by atoms with Crippen molar-refractivity contribution in [2.24, 2.45) is 0 Å².